The first-order valence-corrected chi connectivity index (χ1v) is 21.0. The third-order valence-electron chi connectivity index (χ3n) is 13.7. The van der Waals surface area contributed by atoms with Crippen LogP contribution in [0, 0.1) is 0 Å². The summed E-state index contributed by atoms with van der Waals surface area (Å²) < 4.78 is 0. The van der Waals surface area contributed by atoms with Crippen molar-refractivity contribution in [3.8, 4) is 22.3 Å². The second kappa shape index (κ2) is 13.2. The zero-order chi connectivity index (χ0) is 38.1. The summed E-state index contributed by atoms with van der Waals surface area (Å²) in [5.41, 5.74) is 17.9. The Bertz CT molecular complexity index is 2760. The van der Waals surface area contributed by atoms with E-state index in [0.717, 1.165) is 5.69 Å². The zero-order valence-electron chi connectivity index (χ0n) is 32.9. The lowest BCUT2D eigenvalue weighted by atomic mass is 9.67. The van der Waals surface area contributed by atoms with Crippen LogP contribution in [-0.2, 0) is 10.8 Å². The molecule has 0 bridgehead atoms. The third-order valence-corrected chi connectivity index (χ3v) is 13.7. The molecule has 1 saturated carbocycles. The summed E-state index contributed by atoms with van der Waals surface area (Å²) in [4.78, 5) is 2.53. The van der Waals surface area contributed by atoms with Crippen LogP contribution in [0.4, 0.5) is 17.1 Å². The fourth-order valence-corrected chi connectivity index (χ4v) is 11.0. The Morgan fingerprint density at radius 3 is 1.70 bits per heavy atom. The van der Waals surface area contributed by atoms with E-state index in [-0.39, 0.29) is 5.41 Å². The van der Waals surface area contributed by atoms with Crippen molar-refractivity contribution in [3.63, 3.8) is 0 Å². The van der Waals surface area contributed by atoms with Gasteiger partial charge in [0.05, 0.1) is 11.1 Å². The van der Waals surface area contributed by atoms with Gasteiger partial charge in [-0.25, -0.2) is 0 Å². The minimum atomic E-state index is -0.486. The molecule has 0 amide bonds. The number of hydrogen-bond donors (Lipinski definition) is 0. The number of hydrogen-bond acceptors (Lipinski definition) is 1. The van der Waals surface area contributed by atoms with Crippen LogP contribution in [0.2, 0.25) is 0 Å². The van der Waals surface area contributed by atoms with Crippen LogP contribution in [0.25, 0.3) is 33.0 Å². The first kappa shape index (κ1) is 34.1. The van der Waals surface area contributed by atoms with Gasteiger partial charge in [-0.1, -0.05) is 185 Å². The highest BCUT2D eigenvalue weighted by Crippen LogP contribution is 2.58. The largest absolute Gasteiger partial charge is 0.310 e. The Morgan fingerprint density at radius 1 is 0.439 bits per heavy atom. The summed E-state index contributed by atoms with van der Waals surface area (Å²) in [5, 5.41) is 2.47. The molecule has 8 aromatic rings. The number of rotatable bonds is 6. The van der Waals surface area contributed by atoms with Gasteiger partial charge in [0.2, 0.25) is 0 Å². The molecule has 0 N–H and O–H groups in total. The summed E-state index contributed by atoms with van der Waals surface area (Å²) >= 11 is 0. The summed E-state index contributed by atoms with van der Waals surface area (Å²) in [6, 6.07) is 69.2. The second-order valence-corrected chi connectivity index (χ2v) is 17.1. The Morgan fingerprint density at radius 2 is 0.982 bits per heavy atom. The Hall–Kier alpha value is -6.18. The molecule has 0 aromatic heterocycles. The van der Waals surface area contributed by atoms with Crippen LogP contribution >= 0.6 is 0 Å². The highest BCUT2D eigenvalue weighted by atomic mass is 15.1. The molecule has 276 valence electrons. The van der Waals surface area contributed by atoms with E-state index in [0.29, 0.717) is 5.92 Å². The van der Waals surface area contributed by atoms with Gasteiger partial charge in [-0.15, -0.1) is 0 Å². The van der Waals surface area contributed by atoms with E-state index in [2.05, 4.69) is 201 Å². The van der Waals surface area contributed by atoms with Crippen molar-refractivity contribution >= 4 is 27.8 Å². The van der Waals surface area contributed by atoms with Crippen LogP contribution in [0.15, 0.2) is 182 Å². The maximum Gasteiger partial charge on any atom is 0.0714 e. The predicted molar refractivity (Wildman–Crippen MR) is 239 cm³/mol. The number of benzene rings is 8. The standard InChI is InChI=1S/C56H47N/c1-55(2)50-27-15-14-26-46(50)47-33-30-43(36-51(47)55)57(54-28-16-20-39-19-12-13-25-45(39)54)44-31-34-49-48-32-29-40(38-17-6-3-7-18-38)35-52(48)56(53(49)37-44,41-21-8-4-9-22-41)42-23-10-5-11-24-42/h4-5,8-16,19-38H,3,6-7,17-18H2,1-2H3. The average Bonchev–Trinajstić information content (AvgIpc) is 3.69. The van der Waals surface area contributed by atoms with Gasteiger partial charge < -0.3 is 4.90 Å². The number of nitrogens with zero attached hydrogens (tertiary/aromatic N) is 1. The van der Waals surface area contributed by atoms with Crippen LogP contribution in [0.5, 0.6) is 0 Å². The molecule has 0 radical (unpaired) electrons. The summed E-state index contributed by atoms with van der Waals surface area (Å²) in [6.45, 7) is 4.76. The molecular weight excluding hydrogens is 687 g/mol. The van der Waals surface area contributed by atoms with E-state index in [1.165, 1.54) is 115 Å². The predicted octanol–water partition coefficient (Wildman–Crippen LogP) is 15.0. The van der Waals surface area contributed by atoms with Gasteiger partial charge in [-0.05, 0) is 116 Å². The second-order valence-electron chi connectivity index (χ2n) is 17.1. The molecule has 0 heterocycles. The van der Waals surface area contributed by atoms with E-state index in [1.807, 2.05) is 0 Å². The lowest BCUT2D eigenvalue weighted by Gasteiger charge is -2.35. The van der Waals surface area contributed by atoms with E-state index >= 15 is 0 Å². The SMILES string of the molecule is CC1(C)c2ccccc2-c2ccc(N(c3ccc4c(c3)C(c3ccccc3)(c3ccccc3)c3cc(C5CCCCC5)ccc3-4)c3cccc4ccccc34)cc21. The van der Waals surface area contributed by atoms with Gasteiger partial charge in [-0.2, -0.15) is 0 Å². The maximum atomic E-state index is 2.60. The monoisotopic (exact) mass is 733 g/mol. The first-order chi connectivity index (χ1) is 28.0. The molecule has 1 nitrogen and oxygen atoms in total. The van der Waals surface area contributed by atoms with Crippen molar-refractivity contribution in [1.29, 1.82) is 0 Å². The quantitative estimate of drug-likeness (QED) is 0.164. The number of fused-ring (bicyclic) bond motifs is 7. The lowest BCUT2D eigenvalue weighted by Crippen LogP contribution is -2.29. The molecule has 3 aliphatic carbocycles. The van der Waals surface area contributed by atoms with Gasteiger partial charge >= 0.3 is 0 Å². The van der Waals surface area contributed by atoms with Gasteiger partial charge in [0.15, 0.2) is 0 Å². The van der Waals surface area contributed by atoms with Gasteiger partial charge in [0, 0.05) is 22.2 Å². The normalized spacial score (nSPS) is 16.1. The van der Waals surface area contributed by atoms with Crippen LogP contribution in [0.3, 0.4) is 0 Å². The first-order valence-electron chi connectivity index (χ1n) is 21.0. The minimum Gasteiger partial charge on any atom is -0.310 e. The van der Waals surface area contributed by atoms with Crippen LogP contribution < -0.4 is 4.90 Å². The van der Waals surface area contributed by atoms with Crippen molar-refractivity contribution in [2.45, 2.75) is 62.7 Å². The van der Waals surface area contributed by atoms with Gasteiger partial charge in [0.25, 0.3) is 0 Å². The molecule has 0 atom stereocenters. The Labute approximate surface area is 337 Å². The molecule has 1 fully saturated rings. The van der Waals surface area contributed by atoms with Gasteiger partial charge in [0.1, 0.15) is 0 Å². The molecule has 0 saturated heterocycles. The molecule has 3 aliphatic rings. The van der Waals surface area contributed by atoms with E-state index < -0.39 is 5.41 Å². The maximum absolute atomic E-state index is 2.60. The summed E-state index contributed by atoms with van der Waals surface area (Å²) in [7, 11) is 0. The molecule has 0 unspecified atom stereocenters. The third kappa shape index (κ3) is 5.14. The molecular formula is C56H47N. The van der Waals surface area contributed by atoms with Crippen molar-refractivity contribution < 1.29 is 0 Å². The van der Waals surface area contributed by atoms with Crippen molar-refractivity contribution in [1.82, 2.24) is 0 Å². The highest BCUT2D eigenvalue weighted by molar-refractivity contribution is 6.00. The Balaban J connectivity index is 1.18. The van der Waals surface area contributed by atoms with E-state index in [9.17, 15) is 0 Å². The number of anilines is 3. The van der Waals surface area contributed by atoms with E-state index in [4.69, 9.17) is 0 Å². The summed E-state index contributed by atoms with van der Waals surface area (Å²) in [6.07, 6.45) is 6.56. The highest BCUT2D eigenvalue weighted by Gasteiger charge is 2.47. The van der Waals surface area contributed by atoms with E-state index in [1.54, 1.807) is 0 Å². The molecule has 0 aliphatic heterocycles. The molecule has 11 rings (SSSR count). The Kier molecular flexibility index (Phi) is 7.90. The molecule has 8 aromatic carbocycles. The fourth-order valence-electron chi connectivity index (χ4n) is 11.0. The molecule has 57 heavy (non-hydrogen) atoms. The van der Waals surface area contributed by atoms with Gasteiger partial charge in [-0.3, -0.25) is 0 Å². The smallest absolute Gasteiger partial charge is 0.0714 e. The van der Waals surface area contributed by atoms with Crippen molar-refractivity contribution in [3.05, 3.63) is 221 Å². The van der Waals surface area contributed by atoms with Crippen LogP contribution in [-0.4, -0.2) is 0 Å². The lowest BCUT2D eigenvalue weighted by molar-refractivity contribution is 0.443. The van der Waals surface area contributed by atoms with Crippen molar-refractivity contribution in [2.24, 2.45) is 0 Å². The average molecular weight is 734 g/mol. The molecule has 0 spiro atoms. The zero-order valence-corrected chi connectivity index (χ0v) is 32.9. The summed E-state index contributed by atoms with van der Waals surface area (Å²) in [5.74, 6) is 0.615. The van der Waals surface area contributed by atoms with Crippen LogP contribution in [0.1, 0.15) is 90.8 Å². The van der Waals surface area contributed by atoms with Crippen molar-refractivity contribution in [2.75, 3.05) is 4.90 Å². The molecule has 1 heteroatoms. The fraction of sp³-hybridized carbons (Fsp3) is 0.179. The topological polar surface area (TPSA) is 3.24 Å². The minimum absolute atomic E-state index is 0.113.